The second-order valence-electron chi connectivity index (χ2n) is 6.57. The van der Waals surface area contributed by atoms with E-state index in [2.05, 4.69) is 39.4 Å². The Morgan fingerprint density at radius 2 is 1.70 bits per heavy atom. The fraction of sp³-hybridized carbons (Fsp3) is 0.381. The monoisotopic (exact) mass is 387 g/mol. The third-order valence-corrected chi connectivity index (χ3v) is 4.91. The van der Waals surface area contributed by atoms with Crippen LogP contribution in [0.3, 0.4) is 0 Å². The number of nitrogens with one attached hydrogen (secondary N) is 1. The van der Waals surface area contributed by atoms with Crippen LogP contribution in [-0.4, -0.2) is 56.7 Å². The molecule has 0 unspecified atom stereocenters. The highest BCUT2D eigenvalue weighted by atomic mass is 35.5. The van der Waals surface area contributed by atoms with Gasteiger partial charge in [0.1, 0.15) is 5.75 Å². The highest BCUT2D eigenvalue weighted by Crippen LogP contribution is 2.16. The Morgan fingerprint density at radius 3 is 2.41 bits per heavy atom. The van der Waals surface area contributed by atoms with Gasteiger partial charge in [-0.1, -0.05) is 29.8 Å². The summed E-state index contributed by atoms with van der Waals surface area (Å²) in [6, 6.07) is 17.7. The van der Waals surface area contributed by atoms with Gasteiger partial charge >= 0.3 is 0 Å². The standard InChI is InChI=1S/C21H26ClN3O2/c22-18-6-8-20(9-7-18)27-17-10-21(26)23-11-12-24-13-15-25(16-14-24)19-4-2-1-3-5-19/h1-9H,10-17H2,(H,23,26). The van der Waals surface area contributed by atoms with Crippen LogP contribution in [0.2, 0.25) is 5.02 Å². The zero-order chi connectivity index (χ0) is 18.9. The van der Waals surface area contributed by atoms with Gasteiger partial charge in [0, 0.05) is 50.0 Å². The van der Waals surface area contributed by atoms with Crippen molar-refractivity contribution in [1.82, 2.24) is 10.2 Å². The first-order valence-electron chi connectivity index (χ1n) is 9.38. The van der Waals surface area contributed by atoms with Crippen molar-refractivity contribution in [2.75, 3.05) is 50.8 Å². The maximum Gasteiger partial charge on any atom is 0.223 e. The van der Waals surface area contributed by atoms with Crippen LogP contribution in [0.4, 0.5) is 5.69 Å². The average molecular weight is 388 g/mol. The van der Waals surface area contributed by atoms with Crippen molar-refractivity contribution >= 4 is 23.2 Å². The van der Waals surface area contributed by atoms with E-state index >= 15 is 0 Å². The van der Waals surface area contributed by atoms with Crippen molar-refractivity contribution < 1.29 is 9.53 Å². The number of ether oxygens (including phenoxy) is 1. The summed E-state index contributed by atoms with van der Waals surface area (Å²) in [5.74, 6) is 0.746. The van der Waals surface area contributed by atoms with Crippen LogP contribution in [0, 0.1) is 0 Å². The van der Waals surface area contributed by atoms with Crippen molar-refractivity contribution in [2.24, 2.45) is 0 Å². The first-order chi connectivity index (χ1) is 13.2. The van der Waals surface area contributed by atoms with Gasteiger partial charge in [0.2, 0.25) is 5.91 Å². The molecule has 5 nitrogen and oxygen atoms in total. The van der Waals surface area contributed by atoms with Gasteiger partial charge in [-0.3, -0.25) is 9.69 Å². The lowest BCUT2D eigenvalue weighted by atomic mass is 10.2. The molecule has 2 aromatic carbocycles. The predicted octanol–water partition coefficient (Wildman–Crippen LogP) is 3.05. The third-order valence-electron chi connectivity index (χ3n) is 4.66. The van der Waals surface area contributed by atoms with Gasteiger partial charge < -0.3 is 15.0 Å². The number of hydrogen-bond acceptors (Lipinski definition) is 4. The van der Waals surface area contributed by atoms with E-state index in [1.165, 1.54) is 5.69 Å². The van der Waals surface area contributed by atoms with E-state index in [0.717, 1.165) is 38.5 Å². The van der Waals surface area contributed by atoms with Crippen molar-refractivity contribution in [1.29, 1.82) is 0 Å². The molecule has 0 saturated carbocycles. The van der Waals surface area contributed by atoms with Crippen LogP contribution in [0.1, 0.15) is 6.42 Å². The van der Waals surface area contributed by atoms with Crippen LogP contribution in [-0.2, 0) is 4.79 Å². The fourth-order valence-electron chi connectivity index (χ4n) is 3.10. The van der Waals surface area contributed by atoms with Gasteiger partial charge in [-0.05, 0) is 36.4 Å². The molecule has 1 N–H and O–H groups in total. The van der Waals surface area contributed by atoms with Crippen molar-refractivity contribution in [2.45, 2.75) is 6.42 Å². The van der Waals surface area contributed by atoms with E-state index in [9.17, 15) is 4.79 Å². The van der Waals surface area contributed by atoms with Gasteiger partial charge in [0.15, 0.2) is 0 Å². The smallest absolute Gasteiger partial charge is 0.223 e. The molecule has 0 atom stereocenters. The Kier molecular flexibility index (Phi) is 7.36. The molecule has 1 fully saturated rings. The fourth-order valence-corrected chi connectivity index (χ4v) is 3.23. The molecule has 1 heterocycles. The highest BCUT2D eigenvalue weighted by molar-refractivity contribution is 6.30. The molecular weight excluding hydrogens is 362 g/mol. The van der Waals surface area contributed by atoms with Crippen LogP contribution in [0.25, 0.3) is 0 Å². The zero-order valence-electron chi connectivity index (χ0n) is 15.4. The van der Waals surface area contributed by atoms with Gasteiger partial charge in [0.25, 0.3) is 0 Å². The van der Waals surface area contributed by atoms with Crippen molar-refractivity contribution in [3.63, 3.8) is 0 Å². The molecule has 0 radical (unpaired) electrons. The molecule has 0 spiro atoms. The number of anilines is 1. The van der Waals surface area contributed by atoms with Crippen molar-refractivity contribution in [3.8, 4) is 5.75 Å². The number of carbonyl (C=O) groups is 1. The summed E-state index contributed by atoms with van der Waals surface area (Å²) in [5, 5.41) is 3.64. The van der Waals surface area contributed by atoms with Gasteiger partial charge in [0.05, 0.1) is 13.0 Å². The number of para-hydroxylation sites is 1. The van der Waals surface area contributed by atoms with Crippen LogP contribution in [0.5, 0.6) is 5.75 Å². The summed E-state index contributed by atoms with van der Waals surface area (Å²) in [6.45, 7) is 6.00. The molecule has 1 amide bonds. The SMILES string of the molecule is O=C(CCOc1ccc(Cl)cc1)NCCN1CCN(c2ccccc2)CC1. The molecule has 0 bridgehead atoms. The third kappa shape index (κ3) is 6.45. The summed E-state index contributed by atoms with van der Waals surface area (Å²) in [7, 11) is 0. The topological polar surface area (TPSA) is 44.8 Å². The number of nitrogens with zero attached hydrogens (tertiary/aromatic N) is 2. The first kappa shape index (κ1) is 19.5. The van der Waals surface area contributed by atoms with E-state index in [1.54, 1.807) is 24.3 Å². The minimum atomic E-state index is 0.0203. The molecule has 6 heteroatoms. The predicted molar refractivity (Wildman–Crippen MR) is 110 cm³/mol. The van der Waals surface area contributed by atoms with E-state index in [-0.39, 0.29) is 5.91 Å². The number of carbonyl (C=O) groups excluding carboxylic acids is 1. The van der Waals surface area contributed by atoms with E-state index < -0.39 is 0 Å². The summed E-state index contributed by atoms with van der Waals surface area (Å²) >= 11 is 5.83. The normalized spacial score (nSPS) is 14.8. The minimum Gasteiger partial charge on any atom is -0.493 e. The summed E-state index contributed by atoms with van der Waals surface area (Å²) in [5.41, 5.74) is 1.28. The number of hydrogen-bond donors (Lipinski definition) is 1. The second-order valence-corrected chi connectivity index (χ2v) is 7.00. The van der Waals surface area contributed by atoms with Gasteiger partial charge in [-0.2, -0.15) is 0 Å². The van der Waals surface area contributed by atoms with Crippen molar-refractivity contribution in [3.05, 3.63) is 59.6 Å². The molecule has 1 aliphatic heterocycles. The van der Waals surface area contributed by atoms with Crippen LogP contribution >= 0.6 is 11.6 Å². The number of benzene rings is 2. The summed E-state index contributed by atoms with van der Waals surface area (Å²) < 4.78 is 5.55. The molecule has 2 aromatic rings. The molecular formula is C21H26ClN3O2. The average Bonchev–Trinajstić information content (AvgIpc) is 2.71. The van der Waals surface area contributed by atoms with Gasteiger partial charge in [-0.25, -0.2) is 0 Å². The molecule has 1 saturated heterocycles. The van der Waals surface area contributed by atoms with E-state index in [1.807, 2.05) is 6.07 Å². The second kappa shape index (κ2) is 10.2. The summed E-state index contributed by atoms with van der Waals surface area (Å²) in [4.78, 5) is 16.7. The Morgan fingerprint density at radius 1 is 1.00 bits per heavy atom. The van der Waals surface area contributed by atoms with Crippen LogP contribution in [0.15, 0.2) is 54.6 Å². The molecule has 144 valence electrons. The molecule has 27 heavy (non-hydrogen) atoms. The number of halogens is 1. The Bertz CT molecular complexity index is 701. The molecule has 1 aliphatic rings. The van der Waals surface area contributed by atoms with E-state index in [0.29, 0.717) is 24.6 Å². The van der Waals surface area contributed by atoms with Crippen LogP contribution < -0.4 is 15.0 Å². The molecule has 0 aromatic heterocycles. The lowest BCUT2D eigenvalue weighted by Crippen LogP contribution is -2.48. The number of rotatable bonds is 8. The maximum absolute atomic E-state index is 11.9. The lowest BCUT2D eigenvalue weighted by molar-refractivity contribution is -0.121. The Hall–Kier alpha value is -2.24. The molecule has 3 rings (SSSR count). The molecule has 0 aliphatic carbocycles. The minimum absolute atomic E-state index is 0.0203. The maximum atomic E-state index is 11.9. The largest absolute Gasteiger partial charge is 0.493 e. The zero-order valence-corrected chi connectivity index (χ0v) is 16.2. The quantitative estimate of drug-likeness (QED) is 0.756. The first-order valence-corrected chi connectivity index (χ1v) is 9.76. The number of amides is 1. The Labute approximate surface area is 165 Å². The highest BCUT2D eigenvalue weighted by Gasteiger charge is 2.16. The van der Waals surface area contributed by atoms with Gasteiger partial charge in [-0.15, -0.1) is 0 Å². The van der Waals surface area contributed by atoms with E-state index in [4.69, 9.17) is 16.3 Å². The lowest BCUT2D eigenvalue weighted by Gasteiger charge is -2.36. The Balaban J connectivity index is 1.26. The summed E-state index contributed by atoms with van der Waals surface area (Å²) in [6.07, 6.45) is 0.352. The number of piperazine rings is 1.